The van der Waals surface area contributed by atoms with Crippen LogP contribution < -0.4 is 5.43 Å². The Hall–Kier alpha value is -1.81. The highest BCUT2D eigenvalue weighted by molar-refractivity contribution is 9.10. The minimum absolute atomic E-state index is 0.109. The Balaban J connectivity index is 1.59. The van der Waals surface area contributed by atoms with E-state index >= 15 is 0 Å². The van der Waals surface area contributed by atoms with Crippen molar-refractivity contribution in [3.05, 3.63) is 38.9 Å². The number of likely N-dealkylation sites (tertiary alicyclic amines) is 1. The van der Waals surface area contributed by atoms with Gasteiger partial charge in [-0.1, -0.05) is 0 Å². The summed E-state index contributed by atoms with van der Waals surface area (Å²) in [4.78, 5) is 33.4. The van der Waals surface area contributed by atoms with Crippen LogP contribution in [0.3, 0.4) is 0 Å². The van der Waals surface area contributed by atoms with Crippen LogP contribution in [0.2, 0.25) is 0 Å². The van der Waals surface area contributed by atoms with Crippen molar-refractivity contribution in [1.29, 1.82) is 0 Å². The Bertz CT molecular complexity index is 957. The zero-order valence-electron chi connectivity index (χ0n) is 16.2. The summed E-state index contributed by atoms with van der Waals surface area (Å²) in [6, 6.07) is 1.72. The largest absolute Gasteiger partial charge is 0.477 e. The SMILES string of the molecule is O=C(O)c1cn(C2CCCN(CCN3CCOCC3)C2)c2cnc(Br)cc2c1=O. The first-order valence-corrected chi connectivity index (χ1v) is 10.8. The molecule has 4 heterocycles. The fraction of sp³-hybridized carbons (Fsp3) is 0.550. The lowest BCUT2D eigenvalue weighted by Crippen LogP contribution is -2.44. The zero-order valence-corrected chi connectivity index (χ0v) is 17.8. The van der Waals surface area contributed by atoms with Crippen molar-refractivity contribution in [3.8, 4) is 0 Å². The molecular formula is C20H25BrN4O4. The Kier molecular flexibility index (Phi) is 6.29. The number of piperidine rings is 1. The number of ether oxygens (including phenoxy) is 1. The zero-order chi connectivity index (χ0) is 20.4. The number of carbonyl (C=O) groups is 1. The van der Waals surface area contributed by atoms with Gasteiger partial charge in [0.2, 0.25) is 5.43 Å². The second-order valence-electron chi connectivity index (χ2n) is 7.66. The topological polar surface area (TPSA) is 87.9 Å². The number of carboxylic acids is 1. The lowest BCUT2D eigenvalue weighted by Gasteiger charge is -2.36. The van der Waals surface area contributed by atoms with Crippen LogP contribution in [-0.2, 0) is 4.74 Å². The van der Waals surface area contributed by atoms with Crippen molar-refractivity contribution in [2.75, 3.05) is 52.5 Å². The summed E-state index contributed by atoms with van der Waals surface area (Å²) in [6.07, 6.45) is 5.13. The van der Waals surface area contributed by atoms with Crippen LogP contribution in [-0.4, -0.2) is 82.9 Å². The van der Waals surface area contributed by atoms with Gasteiger partial charge in [0.25, 0.3) is 0 Å². The van der Waals surface area contributed by atoms with E-state index < -0.39 is 11.4 Å². The molecule has 156 valence electrons. The molecule has 8 nitrogen and oxygen atoms in total. The third-order valence-electron chi connectivity index (χ3n) is 5.83. The van der Waals surface area contributed by atoms with E-state index in [9.17, 15) is 14.7 Å². The number of hydrogen-bond acceptors (Lipinski definition) is 6. The molecule has 2 aromatic rings. The molecule has 0 aliphatic carbocycles. The number of hydrogen-bond donors (Lipinski definition) is 1. The standard InChI is InChI=1S/C20H25BrN4O4/c21-18-10-15-17(11-22-18)25(13-16(19(15)26)20(27)28)14-2-1-3-24(12-14)5-4-23-6-8-29-9-7-23/h10-11,13-14H,1-9,12H2,(H,27,28). The van der Waals surface area contributed by atoms with Crippen LogP contribution in [0.1, 0.15) is 29.2 Å². The highest BCUT2D eigenvalue weighted by Crippen LogP contribution is 2.26. The summed E-state index contributed by atoms with van der Waals surface area (Å²) in [5.74, 6) is -1.20. The Morgan fingerprint density at radius 1 is 1.24 bits per heavy atom. The summed E-state index contributed by atoms with van der Waals surface area (Å²) in [5, 5.41) is 9.92. The Labute approximate surface area is 177 Å². The molecule has 1 unspecified atom stereocenters. The van der Waals surface area contributed by atoms with E-state index in [2.05, 4.69) is 30.7 Å². The average Bonchev–Trinajstić information content (AvgIpc) is 2.73. The maximum absolute atomic E-state index is 12.6. The molecule has 2 fully saturated rings. The molecule has 1 atom stereocenters. The number of morpholine rings is 1. The molecule has 2 aromatic heterocycles. The maximum atomic E-state index is 12.6. The number of fused-ring (bicyclic) bond motifs is 1. The van der Waals surface area contributed by atoms with Crippen molar-refractivity contribution in [1.82, 2.24) is 19.4 Å². The van der Waals surface area contributed by atoms with Gasteiger partial charge in [-0.2, -0.15) is 0 Å². The monoisotopic (exact) mass is 464 g/mol. The highest BCUT2D eigenvalue weighted by Gasteiger charge is 2.25. The molecule has 0 radical (unpaired) electrons. The predicted octanol–water partition coefficient (Wildman–Crippen LogP) is 1.83. The Morgan fingerprint density at radius 2 is 2.00 bits per heavy atom. The molecule has 2 saturated heterocycles. The van der Waals surface area contributed by atoms with E-state index in [1.165, 1.54) is 6.20 Å². The van der Waals surface area contributed by atoms with Crippen LogP contribution >= 0.6 is 15.9 Å². The number of aromatic nitrogens is 2. The van der Waals surface area contributed by atoms with Gasteiger partial charge in [0.15, 0.2) is 0 Å². The first kappa shape index (κ1) is 20.5. The van der Waals surface area contributed by atoms with E-state index in [4.69, 9.17) is 4.74 Å². The van der Waals surface area contributed by atoms with Gasteiger partial charge in [0.1, 0.15) is 10.2 Å². The lowest BCUT2D eigenvalue weighted by molar-refractivity contribution is 0.0311. The summed E-state index contributed by atoms with van der Waals surface area (Å²) in [7, 11) is 0. The normalized spacial score (nSPS) is 21.5. The minimum atomic E-state index is -1.20. The number of pyridine rings is 2. The first-order chi connectivity index (χ1) is 14.0. The van der Waals surface area contributed by atoms with Crippen LogP contribution in [0.4, 0.5) is 0 Å². The van der Waals surface area contributed by atoms with E-state index in [1.807, 2.05) is 4.57 Å². The average molecular weight is 465 g/mol. The first-order valence-electron chi connectivity index (χ1n) is 9.99. The molecule has 1 N–H and O–H groups in total. The minimum Gasteiger partial charge on any atom is -0.477 e. The third-order valence-corrected chi connectivity index (χ3v) is 6.26. The van der Waals surface area contributed by atoms with Gasteiger partial charge in [-0.25, -0.2) is 9.78 Å². The number of carboxylic acid groups (broad SMARTS) is 1. The molecule has 0 bridgehead atoms. The maximum Gasteiger partial charge on any atom is 0.341 e. The van der Waals surface area contributed by atoms with Gasteiger partial charge >= 0.3 is 5.97 Å². The molecular weight excluding hydrogens is 440 g/mol. The van der Waals surface area contributed by atoms with Gasteiger partial charge in [-0.05, 0) is 41.4 Å². The summed E-state index contributed by atoms with van der Waals surface area (Å²) < 4.78 is 7.88. The molecule has 9 heteroatoms. The fourth-order valence-electron chi connectivity index (χ4n) is 4.25. The smallest absolute Gasteiger partial charge is 0.341 e. The lowest BCUT2D eigenvalue weighted by atomic mass is 10.0. The number of aromatic carboxylic acids is 1. The van der Waals surface area contributed by atoms with Gasteiger partial charge in [0, 0.05) is 45.0 Å². The molecule has 0 saturated carbocycles. The molecule has 2 aliphatic rings. The molecule has 2 aliphatic heterocycles. The van der Waals surface area contributed by atoms with Crippen molar-refractivity contribution < 1.29 is 14.6 Å². The van der Waals surface area contributed by atoms with Crippen LogP contribution in [0, 0.1) is 0 Å². The van der Waals surface area contributed by atoms with Crippen LogP contribution in [0.15, 0.2) is 27.9 Å². The van der Waals surface area contributed by atoms with Crippen LogP contribution in [0.5, 0.6) is 0 Å². The van der Waals surface area contributed by atoms with Gasteiger partial charge < -0.3 is 19.3 Å². The summed E-state index contributed by atoms with van der Waals surface area (Å²) in [5.41, 5.74) is 0.0242. The van der Waals surface area contributed by atoms with Crippen molar-refractivity contribution in [2.24, 2.45) is 0 Å². The van der Waals surface area contributed by atoms with Gasteiger partial charge in [-0.15, -0.1) is 0 Å². The van der Waals surface area contributed by atoms with Crippen LogP contribution in [0.25, 0.3) is 10.9 Å². The van der Waals surface area contributed by atoms with E-state index in [0.717, 1.165) is 65.3 Å². The number of rotatable bonds is 5. The highest BCUT2D eigenvalue weighted by atomic mass is 79.9. The third kappa shape index (κ3) is 4.53. The second-order valence-corrected chi connectivity index (χ2v) is 8.47. The molecule has 0 spiro atoms. The second kappa shape index (κ2) is 8.91. The quantitative estimate of drug-likeness (QED) is 0.675. The van der Waals surface area contributed by atoms with E-state index in [1.54, 1.807) is 12.3 Å². The summed E-state index contributed by atoms with van der Waals surface area (Å²) in [6.45, 7) is 7.40. The summed E-state index contributed by atoms with van der Waals surface area (Å²) >= 11 is 3.29. The predicted molar refractivity (Wildman–Crippen MR) is 113 cm³/mol. The Morgan fingerprint density at radius 3 is 2.76 bits per heavy atom. The molecule has 29 heavy (non-hydrogen) atoms. The van der Waals surface area contributed by atoms with Crippen molar-refractivity contribution in [2.45, 2.75) is 18.9 Å². The number of nitrogens with zero attached hydrogens (tertiary/aromatic N) is 4. The fourth-order valence-corrected chi connectivity index (χ4v) is 4.58. The van der Waals surface area contributed by atoms with E-state index in [-0.39, 0.29) is 11.6 Å². The van der Waals surface area contributed by atoms with Gasteiger partial charge in [0.05, 0.1) is 30.3 Å². The molecule has 0 aromatic carbocycles. The van der Waals surface area contributed by atoms with E-state index in [0.29, 0.717) is 15.5 Å². The van der Waals surface area contributed by atoms with Crippen molar-refractivity contribution in [3.63, 3.8) is 0 Å². The van der Waals surface area contributed by atoms with Gasteiger partial charge in [-0.3, -0.25) is 9.69 Å². The number of halogens is 1. The molecule has 4 rings (SSSR count). The molecule has 0 amide bonds. The van der Waals surface area contributed by atoms with Crippen molar-refractivity contribution >= 4 is 32.8 Å².